The fourth-order valence-corrected chi connectivity index (χ4v) is 3.29. The van der Waals surface area contributed by atoms with E-state index in [2.05, 4.69) is 4.72 Å². The number of hydrogen-bond acceptors (Lipinski definition) is 6. The van der Waals surface area contributed by atoms with E-state index in [-0.39, 0.29) is 12.2 Å². The summed E-state index contributed by atoms with van der Waals surface area (Å²) in [5.41, 5.74) is 5.04. The van der Waals surface area contributed by atoms with E-state index in [0.29, 0.717) is 12.2 Å². The van der Waals surface area contributed by atoms with Gasteiger partial charge >= 0.3 is 0 Å². The Hall–Kier alpha value is -1.52. The molecule has 3 N–H and O–H groups in total. The van der Waals surface area contributed by atoms with Crippen molar-refractivity contribution in [2.75, 3.05) is 24.3 Å². The molecule has 0 aliphatic carbocycles. The number of nitrogens with one attached hydrogen (secondary N) is 1. The highest BCUT2D eigenvalue weighted by Gasteiger charge is 2.25. The van der Waals surface area contributed by atoms with Crippen molar-refractivity contribution in [1.29, 1.82) is 0 Å². The maximum absolute atomic E-state index is 12.0. The third kappa shape index (κ3) is 4.54. The minimum Gasteiger partial charge on any atom is -0.399 e. The zero-order valence-electron chi connectivity index (χ0n) is 10.7. The summed E-state index contributed by atoms with van der Waals surface area (Å²) in [4.78, 5) is 9.58. The van der Waals surface area contributed by atoms with Crippen LogP contribution in [0.1, 0.15) is 6.42 Å². The van der Waals surface area contributed by atoms with Gasteiger partial charge in [-0.15, -0.1) is 0 Å². The van der Waals surface area contributed by atoms with Crippen LogP contribution in [0.3, 0.4) is 0 Å². The molecule has 0 heterocycles. The average molecular weight is 321 g/mol. The van der Waals surface area contributed by atoms with Gasteiger partial charge in [0.05, 0.1) is 4.92 Å². The molecule has 0 fully saturated rings. The largest absolute Gasteiger partial charge is 0.399 e. The lowest BCUT2D eigenvalue weighted by molar-refractivity contribution is -0.387. The van der Waals surface area contributed by atoms with Gasteiger partial charge in [-0.05, 0) is 18.6 Å². The van der Waals surface area contributed by atoms with Crippen LogP contribution in [-0.2, 0) is 20.8 Å². The van der Waals surface area contributed by atoms with Crippen LogP contribution in [0.15, 0.2) is 23.1 Å². The second kappa shape index (κ2) is 6.77. The highest BCUT2D eigenvalue weighted by molar-refractivity contribution is 7.89. The molecule has 20 heavy (non-hydrogen) atoms. The van der Waals surface area contributed by atoms with E-state index >= 15 is 0 Å². The average Bonchev–Trinajstić information content (AvgIpc) is 2.34. The highest BCUT2D eigenvalue weighted by Crippen LogP contribution is 2.25. The number of nitrogen functional groups attached to an aromatic ring is 1. The molecular formula is C10H15N3O5S2. The molecule has 0 saturated heterocycles. The number of nitro benzene ring substituents is 1. The number of anilines is 1. The minimum atomic E-state index is -4.03. The Bertz CT molecular complexity index is 630. The van der Waals surface area contributed by atoms with Crippen LogP contribution in [-0.4, -0.2) is 36.1 Å². The second-order valence-corrected chi connectivity index (χ2v) is 7.30. The third-order valence-corrected chi connectivity index (χ3v) is 4.72. The lowest BCUT2D eigenvalue weighted by atomic mass is 10.3. The fourth-order valence-electron chi connectivity index (χ4n) is 1.46. The molecule has 112 valence electrons. The zero-order valence-corrected chi connectivity index (χ0v) is 12.4. The maximum Gasteiger partial charge on any atom is 0.289 e. The molecule has 0 amide bonds. The normalized spacial score (nSPS) is 13.1. The lowest BCUT2D eigenvalue weighted by Gasteiger charge is -2.07. The van der Waals surface area contributed by atoms with E-state index in [1.165, 1.54) is 12.3 Å². The van der Waals surface area contributed by atoms with Crippen molar-refractivity contribution in [1.82, 2.24) is 4.72 Å². The van der Waals surface area contributed by atoms with Gasteiger partial charge < -0.3 is 5.73 Å². The number of hydrogen-bond donors (Lipinski definition) is 2. The van der Waals surface area contributed by atoms with Crippen molar-refractivity contribution in [2.45, 2.75) is 11.3 Å². The Morgan fingerprint density at radius 2 is 2.10 bits per heavy atom. The van der Waals surface area contributed by atoms with Gasteiger partial charge in [0.25, 0.3) is 5.69 Å². The molecule has 1 aromatic carbocycles. The van der Waals surface area contributed by atoms with Crippen molar-refractivity contribution in [3.05, 3.63) is 28.3 Å². The summed E-state index contributed by atoms with van der Waals surface area (Å²) < 4.78 is 37.1. The number of benzene rings is 1. The molecule has 0 aliphatic rings. The first-order valence-corrected chi connectivity index (χ1v) is 8.78. The summed E-state index contributed by atoms with van der Waals surface area (Å²) in [6, 6.07) is 3.35. The molecular weight excluding hydrogens is 306 g/mol. The van der Waals surface area contributed by atoms with Crippen molar-refractivity contribution >= 4 is 32.2 Å². The fraction of sp³-hybridized carbons (Fsp3) is 0.400. The van der Waals surface area contributed by atoms with Crippen molar-refractivity contribution in [3.8, 4) is 0 Å². The molecule has 0 radical (unpaired) electrons. The molecule has 1 rings (SSSR count). The summed E-state index contributed by atoms with van der Waals surface area (Å²) in [6.45, 7) is 0.0495. The first kappa shape index (κ1) is 16.5. The number of nitrogens with two attached hydrogens (primary N) is 1. The number of rotatable bonds is 7. The van der Waals surface area contributed by atoms with Gasteiger partial charge in [0, 0.05) is 41.1 Å². The van der Waals surface area contributed by atoms with Crippen molar-refractivity contribution < 1.29 is 17.6 Å². The van der Waals surface area contributed by atoms with E-state index in [1.54, 1.807) is 0 Å². The molecule has 1 atom stereocenters. The molecule has 0 spiro atoms. The van der Waals surface area contributed by atoms with Gasteiger partial charge in [-0.2, -0.15) is 0 Å². The Labute approximate surface area is 119 Å². The van der Waals surface area contributed by atoms with Crippen LogP contribution < -0.4 is 10.5 Å². The molecule has 0 bridgehead atoms. The summed E-state index contributed by atoms with van der Waals surface area (Å²) in [5.74, 6) is 0.349. The van der Waals surface area contributed by atoms with E-state index in [0.717, 1.165) is 12.1 Å². The van der Waals surface area contributed by atoms with Crippen LogP contribution in [0.5, 0.6) is 0 Å². The first-order chi connectivity index (χ1) is 9.24. The van der Waals surface area contributed by atoms with E-state index < -0.39 is 36.3 Å². The maximum atomic E-state index is 12.0. The summed E-state index contributed by atoms with van der Waals surface area (Å²) in [6.07, 6.45) is 1.88. The van der Waals surface area contributed by atoms with Gasteiger partial charge in [-0.25, -0.2) is 13.1 Å². The van der Waals surface area contributed by atoms with Crippen LogP contribution >= 0.6 is 0 Å². The number of nitro groups is 1. The Kier molecular flexibility index (Phi) is 5.60. The standard InChI is InChI=1S/C10H15N3O5S2/c1-19(16)6-2-5-12-20(17,18)10-7-8(11)3-4-9(10)13(14)15/h3-4,7,12H,2,5-6,11H2,1H3. The van der Waals surface area contributed by atoms with E-state index in [9.17, 15) is 22.7 Å². The predicted molar refractivity (Wildman–Crippen MR) is 76.2 cm³/mol. The summed E-state index contributed by atoms with van der Waals surface area (Å²) >= 11 is 0. The topological polar surface area (TPSA) is 132 Å². The molecule has 8 nitrogen and oxygen atoms in total. The van der Waals surface area contributed by atoms with Gasteiger partial charge in [0.2, 0.25) is 10.0 Å². The zero-order chi connectivity index (χ0) is 15.3. The lowest BCUT2D eigenvalue weighted by Crippen LogP contribution is -2.26. The van der Waals surface area contributed by atoms with Crippen LogP contribution in [0, 0.1) is 10.1 Å². The monoisotopic (exact) mass is 321 g/mol. The SMILES string of the molecule is CS(=O)CCCNS(=O)(=O)c1cc(N)ccc1[N+](=O)[O-]. The Morgan fingerprint density at radius 1 is 1.45 bits per heavy atom. The molecule has 1 unspecified atom stereocenters. The quantitative estimate of drug-likeness (QED) is 0.319. The summed E-state index contributed by atoms with van der Waals surface area (Å²) in [5, 5.41) is 10.8. The molecule has 1 aromatic rings. The van der Waals surface area contributed by atoms with Crippen LogP contribution in [0.2, 0.25) is 0 Å². The van der Waals surface area contributed by atoms with Gasteiger partial charge in [-0.1, -0.05) is 0 Å². The van der Waals surface area contributed by atoms with Crippen LogP contribution in [0.4, 0.5) is 11.4 Å². The molecule has 0 saturated carbocycles. The van der Waals surface area contributed by atoms with E-state index in [1.807, 2.05) is 0 Å². The Balaban J connectivity index is 2.94. The summed E-state index contributed by atoms with van der Waals surface area (Å²) in [7, 11) is -5.04. The van der Waals surface area contributed by atoms with Crippen molar-refractivity contribution in [2.24, 2.45) is 0 Å². The van der Waals surface area contributed by atoms with Gasteiger partial charge in [0.1, 0.15) is 0 Å². The van der Waals surface area contributed by atoms with Gasteiger partial charge in [-0.3, -0.25) is 14.3 Å². The van der Waals surface area contributed by atoms with Crippen LogP contribution in [0.25, 0.3) is 0 Å². The molecule has 10 heteroatoms. The molecule has 0 aromatic heterocycles. The molecule has 0 aliphatic heterocycles. The first-order valence-electron chi connectivity index (χ1n) is 5.57. The third-order valence-electron chi connectivity index (χ3n) is 2.37. The van der Waals surface area contributed by atoms with E-state index in [4.69, 9.17) is 5.73 Å². The Morgan fingerprint density at radius 3 is 2.65 bits per heavy atom. The van der Waals surface area contributed by atoms with Gasteiger partial charge in [0.15, 0.2) is 4.90 Å². The number of sulfonamides is 1. The smallest absolute Gasteiger partial charge is 0.289 e. The predicted octanol–water partition coefficient (Wildman–Crippen LogP) is 0.224. The van der Waals surface area contributed by atoms with Crippen molar-refractivity contribution in [3.63, 3.8) is 0 Å². The second-order valence-electron chi connectivity index (χ2n) is 4.01. The highest BCUT2D eigenvalue weighted by atomic mass is 32.2. The number of nitrogens with zero attached hydrogens (tertiary/aromatic N) is 1. The minimum absolute atomic E-state index is 0.0495.